The Morgan fingerprint density at radius 2 is 2.16 bits per heavy atom. The predicted molar refractivity (Wildman–Crippen MR) is 87.9 cm³/mol. The third kappa shape index (κ3) is 4.31. The zero-order valence-electron chi connectivity index (χ0n) is 13.8. The van der Waals surface area contributed by atoms with Crippen LogP contribution in [0, 0.1) is 0 Å². The molecule has 2 N–H and O–H groups in total. The standard InChI is InChI=1S/C17H20F3N3O2/c1-10-6-12(4-5-21-10)23-14-3-2-11(7-13(14)17(18,19)20)15-9-25-16(24)8-22-15/h2-3,7,10,12,21,23H,4-6,8-9H2,1H3. The number of aliphatic imine (C=N–C) groups is 1. The van der Waals surface area contributed by atoms with Gasteiger partial charge >= 0.3 is 12.1 Å². The minimum Gasteiger partial charge on any atom is -0.458 e. The molecule has 0 spiro atoms. The average molecular weight is 355 g/mol. The summed E-state index contributed by atoms with van der Waals surface area (Å²) in [4.78, 5) is 15.0. The first kappa shape index (κ1) is 17.7. The number of ether oxygens (including phenoxy) is 1. The van der Waals surface area contributed by atoms with Crippen LogP contribution in [0.5, 0.6) is 0 Å². The first-order valence-electron chi connectivity index (χ1n) is 8.23. The van der Waals surface area contributed by atoms with Crippen molar-refractivity contribution in [2.75, 3.05) is 25.0 Å². The highest BCUT2D eigenvalue weighted by molar-refractivity contribution is 6.04. The number of carbonyl (C=O) groups excluding carboxylic acids is 1. The van der Waals surface area contributed by atoms with Gasteiger partial charge in [-0.1, -0.05) is 6.07 Å². The summed E-state index contributed by atoms with van der Waals surface area (Å²) in [6.45, 7) is 2.53. The number of halogens is 3. The third-order valence-electron chi connectivity index (χ3n) is 4.41. The molecule has 2 aliphatic rings. The summed E-state index contributed by atoms with van der Waals surface area (Å²) >= 11 is 0. The van der Waals surface area contributed by atoms with Crippen molar-refractivity contribution in [3.05, 3.63) is 29.3 Å². The maximum absolute atomic E-state index is 13.5. The van der Waals surface area contributed by atoms with E-state index in [2.05, 4.69) is 15.6 Å². The van der Waals surface area contributed by atoms with E-state index in [9.17, 15) is 18.0 Å². The van der Waals surface area contributed by atoms with Crippen LogP contribution in [-0.4, -0.2) is 43.5 Å². The van der Waals surface area contributed by atoms with Gasteiger partial charge in [-0.15, -0.1) is 0 Å². The number of nitrogens with zero attached hydrogens (tertiary/aromatic N) is 1. The van der Waals surface area contributed by atoms with Gasteiger partial charge in [0.1, 0.15) is 13.2 Å². The van der Waals surface area contributed by atoms with Crippen LogP contribution in [0.4, 0.5) is 18.9 Å². The Hall–Kier alpha value is -2.09. The van der Waals surface area contributed by atoms with Crippen LogP contribution in [0.25, 0.3) is 0 Å². The molecule has 0 saturated carbocycles. The number of benzene rings is 1. The van der Waals surface area contributed by atoms with Gasteiger partial charge in [0.05, 0.1) is 11.3 Å². The number of cyclic esters (lactones) is 1. The monoisotopic (exact) mass is 355 g/mol. The molecule has 8 heteroatoms. The summed E-state index contributed by atoms with van der Waals surface area (Å²) < 4.78 is 45.4. The maximum Gasteiger partial charge on any atom is 0.418 e. The van der Waals surface area contributed by atoms with E-state index < -0.39 is 17.7 Å². The SMILES string of the molecule is CC1CC(Nc2ccc(C3=NCC(=O)OC3)cc2C(F)(F)F)CCN1. The van der Waals surface area contributed by atoms with Crippen molar-refractivity contribution in [3.8, 4) is 0 Å². The van der Waals surface area contributed by atoms with E-state index in [1.807, 2.05) is 6.92 Å². The molecule has 3 rings (SSSR count). The van der Waals surface area contributed by atoms with E-state index in [-0.39, 0.29) is 30.9 Å². The summed E-state index contributed by atoms with van der Waals surface area (Å²) in [5.41, 5.74) is 0.0238. The largest absolute Gasteiger partial charge is 0.458 e. The van der Waals surface area contributed by atoms with Gasteiger partial charge < -0.3 is 15.4 Å². The summed E-state index contributed by atoms with van der Waals surface area (Å²) in [7, 11) is 0. The average Bonchev–Trinajstić information content (AvgIpc) is 2.55. The van der Waals surface area contributed by atoms with E-state index in [0.717, 1.165) is 25.5 Å². The minimum atomic E-state index is -4.48. The molecule has 1 aromatic carbocycles. The van der Waals surface area contributed by atoms with Gasteiger partial charge in [-0.05, 0) is 44.0 Å². The molecule has 136 valence electrons. The molecule has 0 aliphatic carbocycles. The quantitative estimate of drug-likeness (QED) is 0.819. The lowest BCUT2D eigenvalue weighted by atomic mass is 9.98. The molecule has 2 unspecified atom stereocenters. The van der Waals surface area contributed by atoms with Gasteiger partial charge in [-0.2, -0.15) is 13.2 Å². The van der Waals surface area contributed by atoms with Crippen LogP contribution >= 0.6 is 0 Å². The topological polar surface area (TPSA) is 62.7 Å². The highest BCUT2D eigenvalue weighted by Crippen LogP contribution is 2.36. The number of piperidine rings is 1. The van der Waals surface area contributed by atoms with Crippen molar-refractivity contribution in [3.63, 3.8) is 0 Å². The van der Waals surface area contributed by atoms with Gasteiger partial charge in [-0.25, -0.2) is 0 Å². The van der Waals surface area contributed by atoms with Crippen LogP contribution < -0.4 is 10.6 Å². The van der Waals surface area contributed by atoms with E-state index in [0.29, 0.717) is 11.3 Å². The fourth-order valence-electron chi connectivity index (χ4n) is 3.14. The Morgan fingerprint density at radius 1 is 1.36 bits per heavy atom. The molecule has 0 bridgehead atoms. The van der Waals surface area contributed by atoms with Crippen LogP contribution in [0.15, 0.2) is 23.2 Å². The van der Waals surface area contributed by atoms with Crippen LogP contribution in [0.1, 0.15) is 30.9 Å². The minimum absolute atomic E-state index is 0.00354. The van der Waals surface area contributed by atoms with Crippen LogP contribution in [-0.2, 0) is 15.7 Å². The Balaban J connectivity index is 1.87. The Kier molecular flexibility index (Phi) is 4.99. The number of hydrogen-bond acceptors (Lipinski definition) is 5. The summed E-state index contributed by atoms with van der Waals surface area (Å²) in [6, 6.07) is 4.36. The van der Waals surface area contributed by atoms with Crippen molar-refractivity contribution >= 4 is 17.4 Å². The smallest absolute Gasteiger partial charge is 0.418 e. The number of alkyl halides is 3. The molecule has 0 amide bonds. The summed E-state index contributed by atoms with van der Waals surface area (Å²) in [6.07, 6.45) is -2.95. The Labute approximate surface area is 143 Å². The van der Waals surface area contributed by atoms with Crippen molar-refractivity contribution in [1.82, 2.24) is 5.32 Å². The Morgan fingerprint density at radius 3 is 2.80 bits per heavy atom. The molecule has 25 heavy (non-hydrogen) atoms. The molecule has 1 saturated heterocycles. The van der Waals surface area contributed by atoms with Crippen molar-refractivity contribution in [2.45, 2.75) is 38.0 Å². The zero-order valence-corrected chi connectivity index (χ0v) is 13.8. The molecule has 2 aliphatic heterocycles. The lowest BCUT2D eigenvalue weighted by molar-refractivity contribution is -0.141. The second-order valence-electron chi connectivity index (χ2n) is 6.40. The number of esters is 1. The molecule has 1 fully saturated rings. The zero-order chi connectivity index (χ0) is 18.0. The third-order valence-corrected chi connectivity index (χ3v) is 4.41. The number of hydrogen-bond donors (Lipinski definition) is 2. The Bertz CT molecular complexity index is 688. The summed E-state index contributed by atoms with van der Waals surface area (Å²) in [5, 5.41) is 6.32. The van der Waals surface area contributed by atoms with Crippen LogP contribution in [0.2, 0.25) is 0 Å². The molecular weight excluding hydrogens is 335 g/mol. The molecule has 5 nitrogen and oxygen atoms in total. The van der Waals surface area contributed by atoms with Crippen molar-refractivity contribution in [2.24, 2.45) is 4.99 Å². The van der Waals surface area contributed by atoms with Gasteiger partial charge in [0, 0.05) is 17.8 Å². The number of anilines is 1. The van der Waals surface area contributed by atoms with Gasteiger partial charge in [0.25, 0.3) is 0 Å². The molecule has 0 aromatic heterocycles. The lowest BCUT2D eigenvalue weighted by Gasteiger charge is -2.30. The molecule has 0 radical (unpaired) electrons. The maximum atomic E-state index is 13.5. The van der Waals surface area contributed by atoms with Crippen molar-refractivity contribution < 1.29 is 22.7 Å². The first-order chi connectivity index (χ1) is 11.8. The number of carbonyl (C=O) groups is 1. The fraction of sp³-hybridized carbons (Fsp3) is 0.529. The number of nitrogens with one attached hydrogen (secondary N) is 2. The van der Waals surface area contributed by atoms with E-state index in [4.69, 9.17) is 4.74 Å². The molecular formula is C17H20F3N3O2. The number of rotatable bonds is 3. The van der Waals surface area contributed by atoms with E-state index >= 15 is 0 Å². The van der Waals surface area contributed by atoms with Crippen LogP contribution in [0.3, 0.4) is 0 Å². The second kappa shape index (κ2) is 7.03. The van der Waals surface area contributed by atoms with Gasteiger partial charge in [-0.3, -0.25) is 9.79 Å². The first-order valence-corrected chi connectivity index (χ1v) is 8.23. The van der Waals surface area contributed by atoms with E-state index in [1.165, 1.54) is 6.07 Å². The lowest BCUT2D eigenvalue weighted by Crippen LogP contribution is -2.41. The second-order valence-corrected chi connectivity index (χ2v) is 6.40. The van der Waals surface area contributed by atoms with E-state index in [1.54, 1.807) is 6.07 Å². The highest BCUT2D eigenvalue weighted by Gasteiger charge is 2.35. The predicted octanol–water partition coefficient (Wildman–Crippen LogP) is 2.60. The molecule has 2 heterocycles. The highest BCUT2D eigenvalue weighted by atomic mass is 19.4. The fourth-order valence-corrected chi connectivity index (χ4v) is 3.14. The molecule has 1 aromatic rings. The van der Waals surface area contributed by atoms with Gasteiger partial charge in [0.2, 0.25) is 0 Å². The normalized spacial score (nSPS) is 24.5. The van der Waals surface area contributed by atoms with Gasteiger partial charge in [0.15, 0.2) is 0 Å². The molecule has 2 atom stereocenters. The summed E-state index contributed by atoms with van der Waals surface area (Å²) in [5.74, 6) is -0.474. The van der Waals surface area contributed by atoms with Crippen molar-refractivity contribution in [1.29, 1.82) is 0 Å².